The minimum Gasteiger partial charge on any atom is -0.478 e. The van der Waals surface area contributed by atoms with E-state index in [1.165, 1.54) is 0 Å². The molecule has 0 aromatic heterocycles. The van der Waals surface area contributed by atoms with Gasteiger partial charge in [0.05, 0.1) is 17.7 Å². The lowest BCUT2D eigenvalue weighted by Crippen LogP contribution is -2.43. The van der Waals surface area contributed by atoms with Crippen molar-refractivity contribution in [2.75, 3.05) is 19.6 Å². The van der Waals surface area contributed by atoms with E-state index in [0.29, 0.717) is 49.0 Å². The minimum absolute atomic E-state index is 0.0696. The number of fused-ring (bicyclic) bond motifs is 1. The fourth-order valence-corrected chi connectivity index (χ4v) is 4.90. The molecule has 0 spiro atoms. The van der Waals surface area contributed by atoms with Crippen molar-refractivity contribution in [3.05, 3.63) is 82.7 Å². The van der Waals surface area contributed by atoms with Gasteiger partial charge in [0.1, 0.15) is 5.82 Å². The Morgan fingerprint density at radius 3 is 2.32 bits per heavy atom. The van der Waals surface area contributed by atoms with Crippen LogP contribution in [-0.2, 0) is 20.8 Å². The van der Waals surface area contributed by atoms with Crippen molar-refractivity contribution in [2.24, 2.45) is 11.7 Å². The molecule has 2 fully saturated rings. The summed E-state index contributed by atoms with van der Waals surface area (Å²) in [6.07, 6.45) is 1.70. The molecule has 2 amide bonds. The van der Waals surface area contributed by atoms with Gasteiger partial charge >= 0.3 is 11.9 Å². The largest absolute Gasteiger partial charge is 0.478 e. The number of likely N-dealkylation sites (tertiary alicyclic amines) is 2. The van der Waals surface area contributed by atoms with Gasteiger partial charge in [0, 0.05) is 61.8 Å². The minimum atomic E-state index is -1.27. The van der Waals surface area contributed by atoms with Gasteiger partial charge in [0.25, 0.3) is 5.91 Å². The first-order valence-electron chi connectivity index (χ1n) is 12.5. The van der Waals surface area contributed by atoms with Gasteiger partial charge in [0.2, 0.25) is 5.91 Å². The highest BCUT2D eigenvalue weighted by Crippen LogP contribution is 2.33. The third-order valence-corrected chi connectivity index (χ3v) is 6.77. The second-order valence-electron chi connectivity index (χ2n) is 9.64. The number of halogens is 3. The lowest BCUT2D eigenvalue weighted by atomic mass is 10.0. The van der Waals surface area contributed by atoms with E-state index in [1.807, 2.05) is 6.07 Å². The molecule has 3 atom stereocenters. The molecule has 2 saturated heterocycles. The number of carboxylic acids is 2. The molecule has 2 heterocycles. The van der Waals surface area contributed by atoms with Gasteiger partial charge in [-0.2, -0.15) is 5.26 Å². The van der Waals surface area contributed by atoms with Crippen LogP contribution in [0.1, 0.15) is 34.3 Å². The van der Waals surface area contributed by atoms with Gasteiger partial charge in [-0.25, -0.2) is 22.8 Å². The predicted molar refractivity (Wildman–Crippen MR) is 138 cm³/mol. The maximum atomic E-state index is 13.9. The van der Waals surface area contributed by atoms with Gasteiger partial charge in [-0.3, -0.25) is 9.59 Å². The second-order valence-corrected chi connectivity index (χ2v) is 9.64. The van der Waals surface area contributed by atoms with E-state index in [4.69, 9.17) is 21.2 Å². The SMILES string of the molecule is N#Cc1cccc(C(=O)N2C[C@@H]3CCN(C(=O)CC(N)Cc4cc(F)c(F)cc4F)[C@@H]3C2)c1.O=C(O)C=CC(=O)O. The first-order valence-corrected chi connectivity index (χ1v) is 12.5. The molecule has 2 aliphatic heterocycles. The highest BCUT2D eigenvalue weighted by Gasteiger charge is 2.44. The highest BCUT2D eigenvalue weighted by atomic mass is 19.2. The molecule has 2 aromatic carbocycles. The summed E-state index contributed by atoms with van der Waals surface area (Å²) in [5.41, 5.74) is 6.79. The fourth-order valence-electron chi connectivity index (χ4n) is 4.90. The van der Waals surface area contributed by atoms with Crippen LogP contribution in [-0.4, -0.2) is 75.5 Å². The topological polar surface area (TPSA) is 165 Å². The molecule has 216 valence electrons. The van der Waals surface area contributed by atoms with E-state index >= 15 is 0 Å². The highest BCUT2D eigenvalue weighted by molar-refractivity contribution is 5.95. The van der Waals surface area contributed by atoms with E-state index in [0.717, 1.165) is 12.5 Å². The van der Waals surface area contributed by atoms with Crippen molar-refractivity contribution in [1.29, 1.82) is 5.26 Å². The average Bonchev–Trinajstić information content (AvgIpc) is 3.52. The van der Waals surface area contributed by atoms with Gasteiger partial charge < -0.3 is 25.7 Å². The fraction of sp³-hybridized carbons (Fsp3) is 0.321. The lowest BCUT2D eigenvalue weighted by Gasteiger charge is -2.26. The number of amides is 2. The molecule has 4 rings (SSSR count). The predicted octanol–water partition coefficient (Wildman–Crippen LogP) is 2.32. The summed E-state index contributed by atoms with van der Waals surface area (Å²) in [5.74, 6) is -6.09. The quantitative estimate of drug-likeness (QED) is 0.336. The number of carbonyl (C=O) groups excluding carboxylic acids is 2. The Balaban J connectivity index is 0.000000507. The van der Waals surface area contributed by atoms with Crippen LogP contribution in [0.25, 0.3) is 0 Å². The van der Waals surface area contributed by atoms with Crippen molar-refractivity contribution in [2.45, 2.75) is 31.3 Å². The van der Waals surface area contributed by atoms with Crippen LogP contribution in [0.3, 0.4) is 0 Å². The summed E-state index contributed by atoms with van der Waals surface area (Å²) >= 11 is 0. The van der Waals surface area contributed by atoms with Crippen LogP contribution < -0.4 is 5.73 Å². The summed E-state index contributed by atoms with van der Waals surface area (Å²) < 4.78 is 40.4. The van der Waals surface area contributed by atoms with E-state index in [9.17, 15) is 32.3 Å². The Morgan fingerprint density at radius 1 is 1.02 bits per heavy atom. The number of nitrogens with zero attached hydrogens (tertiary/aromatic N) is 3. The average molecular weight is 573 g/mol. The third-order valence-electron chi connectivity index (χ3n) is 6.77. The van der Waals surface area contributed by atoms with E-state index in [2.05, 4.69) is 0 Å². The Morgan fingerprint density at radius 2 is 1.68 bits per heavy atom. The smallest absolute Gasteiger partial charge is 0.328 e. The monoisotopic (exact) mass is 572 g/mol. The summed E-state index contributed by atoms with van der Waals surface area (Å²) in [6, 6.07) is 8.88. The van der Waals surface area contributed by atoms with Crippen LogP contribution in [0.15, 0.2) is 48.6 Å². The first-order chi connectivity index (χ1) is 19.4. The molecular formula is C28H27F3N4O6. The Bertz CT molecular complexity index is 1390. The number of carbonyl (C=O) groups is 4. The van der Waals surface area contributed by atoms with E-state index in [-0.39, 0.29) is 42.2 Å². The maximum absolute atomic E-state index is 13.9. The lowest BCUT2D eigenvalue weighted by molar-refractivity contribution is -0.134. The van der Waals surface area contributed by atoms with Crippen molar-refractivity contribution >= 4 is 23.8 Å². The number of rotatable bonds is 7. The molecule has 10 nitrogen and oxygen atoms in total. The van der Waals surface area contributed by atoms with E-state index < -0.39 is 35.4 Å². The van der Waals surface area contributed by atoms with Crippen LogP contribution in [0, 0.1) is 34.7 Å². The summed E-state index contributed by atoms with van der Waals surface area (Å²) in [7, 11) is 0. The number of hydrogen-bond donors (Lipinski definition) is 3. The van der Waals surface area contributed by atoms with Gasteiger partial charge in [0.15, 0.2) is 11.6 Å². The third kappa shape index (κ3) is 8.15. The van der Waals surface area contributed by atoms with Crippen molar-refractivity contribution < 1.29 is 42.6 Å². The molecule has 41 heavy (non-hydrogen) atoms. The van der Waals surface area contributed by atoms with Crippen molar-refractivity contribution in [3.63, 3.8) is 0 Å². The van der Waals surface area contributed by atoms with Gasteiger partial charge in [-0.15, -0.1) is 0 Å². The molecule has 0 aliphatic carbocycles. The van der Waals surface area contributed by atoms with Crippen LogP contribution in [0.2, 0.25) is 0 Å². The van der Waals surface area contributed by atoms with Gasteiger partial charge in [-0.05, 0) is 42.7 Å². The zero-order valence-corrected chi connectivity index (χ0v) is 21.7. The Hall–Kier alpha value is -4.70. The molecule has 0 saturated carbocycles. The summed E-state index contributed by atoms with van der Waals surface area (Å²) in [6.45, 7) is 1.46. The molecule has 4 N–H and O–H groups in total. The second kappa shape index (κ2) is 13.6. The molecule has 2 aromatic rings. The summed E-state index contributed by atoms with van der Waals surface area (Å²) in [4.78, 5) is 48.3. The number of nitriles is 1. The number of benzene rings is 2. The number of nitrogens with two attached hydrogens (primary N) is 1. The molecular weight excluding hydrogens is 545 g/mol. The van der Waals surface area contributed by atoms with Crippen LogP contribution in [0.4, 0.5) is 13.2 Å². The van der Waals surface area contributed by atoms with E-state index in [1.54, 1.807) is 34.1 Å². The van der Waals surface area contributed by atoms with Crippen molar-refractivity contribution in [3.8, 4) is 6.07 Å². The maximum Gasteiger partial charge on any atom is 0.328 e. The molecule has 13 heteroatoms. The standard InChI is InChI=1S/C24H23F3N4O2.C4H4O4/c25-19-10-21(27)20(26)8-17(19)7-18(29)9-23(32)31-5-4-16-12-30(13-22(16)31)24(33)15-3-1-2-14(6-15)11-28;5-3(6)1-2-4(7)8/h1-3,6,8,10,16,18,22H,4-5,7,9,12-13,29H2;1-2H,(H,5,6)(H,7,8)/t16-,18?,22+;/m0./s1. The summed E-state index contributed by atoms with van der Waals surface area (Å²) in [5, 5.41) is 24.7. The zero-order chi connectivity index (χ0) is 30.3. The zero-order valence-electron chi connectivity index (χ0n) is 21.7. The molecule has 0 radical (unpaired) electrons. The Kier molecular flexibility index (Phi) is 10.2. The Labute approximate surface area is 233 Å². The van der Waals surface area contributed by atoms with Crippen LogP contribution in [0.5, 0.6) is 0 Å². The molecule has 2 aliphatic rings. The molecule has 0 bridgehead atoms. The van der Waals surface area contributed by atoms with Gasteiger partial charge in [-0.1, -0.05) is 6.07 Å². The van der Waals surface area contributed by atoms with Crippen molar-refractivity contribution in [1.82, 2.24) is 9.80 Å². The molecule has 1 unspecified atom stereocenters. The first kappa shape index (κ1) is 30.8. The van der Waals surface area contributed by atoms with Crippen LogP contribution >= 0.6 is 0 Å². The normalized spacial score (nSPS) is 18.3. The number of carboxylic acid groups (broad SMARTS) is 2. The number of hydrogen-bond acceptors (Lipinski definition) is 6. The number of aliphatic carboxylic acids is 2.